The van der Waals surface area contributed by atoms with Gasteiger partial charge in [-0.15, -0.1) is 0 Å². The number of nitrogens with one attached hydrogen (secondary N) is 2. The van der Waals surface area contributed by atoms with Gasteiger partial charge in [0.1, 0.15) is 6.04 Å². The molecule has 0 aliphatic carbocycles. The van der Waals surface area contributed by atoms with Gasteiger partial charge in [0.05, 0.1) is 6.54 Å². The van der Waals surface area contributed by atoms with E-state index in [2.05, 4.69) is 10.6 Å². The molecule has 3 N–H and O–H groups in total. The Kier molecular flexibility index (Phi) is 5.64. The molecule has 0 aliphatic heterocycles. The zero-order valence-corrected chi connectivity index (χ0v) is 10.7. The molecule has 0 rings (SSSR count). The summed E-state index contributed by atoms with van der Waals surface area (Å²) in [4.78, 5) is 33.5. The normalized spacial score (nSPS) is 12.7. The van der Waals surface area contributed by atoms with E-state index in [0.29, 0.717) is 6.42 Å². The van der Waals surface area contributed by atoms with Gasteiger partial charge in [-0.1, -0.05) is 27.7 Å². The van der Waals surface area contributed by atoms with Gasteiger partial charge in [-0.3, -0.25) is 9.59 Å². The molecular weight excluding hydrogens is 224 g/mol. The first kappa shape index (κ1) is 15.4. The van der Waals surface area contributed by atoms with Crippen molar-refractivity contribution in [3.8, 4) is 0 Å². The van der Waals surface area contributed by atoms with Crippen molar-refractivity contribution in [2.75, 3.05) is 6.54 Å². The molecule has 0 radical (unpaired) electrons. The number of hydrogen-bond donors (Lipinski definition) is 3. The van der Waals surface area contributed by atoms with Crippen LogP contribution in [0.25, 0.3) is 0 Å². The SMILES string of the molecule is CC[C@H](NC(=O)CNC(=O)C(C)(C)C)C(=O)O. The number of rotatable bonds is 5. The molecule has 0 bridgehead atoms. The molecule has 0 aromatic carbocycles. The summed E-state index contributed by atoms with van der Waals surface area (Å²) >= 11 is 0. The average Bonchev–Trinajstić information content (AvgIpc) is 2.20. The quantitative estimate of drug-likeness (QED) is 0.640. The van der Waals surface area contributed by atoms with Crippen molar-refractivity contribution >= 4 is 17.8 Å². The number of carboxylic acid groups (broad SMARTS) is 1. The minimum Gasteiger partial charge on any atom is -0.480 e. The van der Waals surface area contributed by atoms with Gasteiger partial charge in [-0.2, -0.15) is 0 Å². The number of aliphatic carboxylic acids is 1. The summed E-state index contributed by atoms with van der Waals surface area (Å²) in [5.74, 6) is -1.84. The Morgan fingerprint density at radius 1 is 1.24 bits per heavy atom. The molecule has 0 aliphatic rings. The van der Waals surface area contributed by atoms with Gasteiger partial charge in [0.15, 0.2) is 0 Å². The molecule has 0 heterocycles. The van der Waals surface area contributed by atoms with Gasteiger partial charge in [0, 0.05) is 5.41 Å². The lowest BCUT2D eigenvalue weighted by molar-refractivity contribution is -0.141. The maximum Gasteiger partial charge on any atom is 0.326 e. The van der Waals surface area contributed by atoms with Crippen LogP contribution < -0.4 is 10.6 Å². The average molecular weight is 244 g/mol. The van der Waals surface area contributed by atoms with Gasteiger partial charge in [0.25, 0.3) is 0 Å². The zero-order chi connectivity index (χ0) is 13.6. The van der Waals surface area contributed by atoms with E-state index in [4.69, 9.17) is 5.11 Å². The molecule has 0 saturated heterocycles. The second kappa shape index (κ2) is 6.22. The molecule has 6 nitrogen and oxygen atoms in total. The van der Waals surface area contributed by atoms with Crippen LogP contribution in [0, 0.1) is 5.41 Å². The van der Waals surface area contributed by atoms with Crippen LogP contribution in [0.2, 0.25) is 0 Å². The molecule has 98 valence electrons. The van der Waals surface area contributed by atoms with Gasteiger partial charge < -0.3 is 15.7 Å². The molecule has 1 atom stereocenters. The van der Waals surface area contributed by atoms with E-state index in [9.17, 15) is 14.4 Å². The Morgan fingerprint density at radius 2 is 1.76 bits per heavy atom. The molecule has 0 spiro atoms. The van der Waals surface area contributed by atoms with Crippen LogP contribution in [0.3, 0.4) is 0 Å². The van der Waals surface area contributed by atoms with Crippen molar-refractivity contribution in [3.63, 3.8) is 0 Å². The highest BCUT2D eigenvalue weighted by atomic mass is 16.4. The Balaban J connectivity index is 4.12. The molecule has 0 saturated carbocycles. The maximum absolute atomic E-state index is 11.5. The van der Waals surface area contributed by atoms with Gasteiger partial charge >= 0.3 is 5.97 Å². The van der Waals surface area contributed by atoms with Crippen molar-refractivity contribution in [3.05, 3.63) is 0 Å². The van der Waals surface area contributed by atoms with Crippen LogP contribution in [0.4, 0.5) is 0 Å². The Bertz CT molecular complexity index is 307. The number of hydrogen-bond acceptors (Lipinski definition) is 3. The lowest BCUT2D eigenvalue weighted by Gasteiger charge is -2.18. The fraction of sp³-hybridized carbons (Fsp3) is 0.727. The summed E-state index contributed by atoms with van der Waals surface area (Å²) in [6.07, 6.45) is 0.300. The third kappa shape index (κ3) is 5.89. The predicted octanol–water partition coefficient (Wildman–Crippen LogP) is 0.128. The second-order valence-electron chi connectivity index (χ2n) is 4.80. The molecule has 0 aromatic heterocycles. The van der Waals surface area contributed by atoms with E-state index >= 15 is 0 Å². The second-order valence-corrected chi connectivity index (χ2v) is 4.80. The third-order valence-electron chi connectivity index (χ3n) is 2.13. The molecular formula is C11H20N2O4. The molecule has 6 heteroatoms. The molecule has 0 unspecified atom stereocenters. The van der Waals surface area contributed by atoms with E-state index in [-0.39, 0.29) is 12.5 Å². The monoisotopic (exact) mass is 244 g/mol. The highest BCUT2D eigenvalue weighted by Crippen LogP contribution is 2.11. The maximum atomic E-state index is 11.5. The van der Waals surface area contributed by atoms with E-state index in [1.54, 1.807) is 27.7 Å². The standard InChI is InChI=1S/C11H20N2O4/c1-5-7(9(15)16)13-8(14)6-12-10(17)11(2,3)4/h7H,5-6H2,1-4H3,(H,12,17)(H,13,14)(H,15,16)/t7-/m0/s1. The van der Waals surface area contributed by atoms with E-state index in [1.807, 2.05) is 0 Å². The summed E-state index contributed by atoms with van der Waals surface area (Å²) < 4.78 is 0. The van der Waals surface area contributed by atoms with Crippen molar-refractivity contribution in [1.82, 2.24) is 10.6 Å². The Labute approximate surface area is 101 Å². The first-order chi connectivity index (χ1) is 7.68. The summed E-state index contributed by atoms with van der Waals surface area (Å²) in [5.41, 5.74) is -0.572. The van der Waals surface area contributed by atoms with Crippen LogP contribution in [-0.4, -0.2) is 35.5 Å². The summed E-state index contributed by atoms with van der Waals surface area (Å²) in [6.45, 7) is 6.64. The summed E-state index contributed by atoms with van der Waals surface area (Å²) in [7, 11) is 0. The zero-order valence-electron chi connectivity index (χ0n) is 10.7. The van der Waals surface area contributed by atoms with E-state index in [1.165, 1.54) is 0 Å². The minimum absolute atomic E-state index is 0.208. The highest BCUT2D eigenvalue weighted by molar-refractivity contribution is 5.89. The van der Waals surface area contributed by atoms with Crippen molar-refractivity contribution < 1.29 is 19.5 Å². The fourth-order valence-electron chi connectivity index (χ4n) is 1.01. The van der Waals surface area contributed by atoms with Gasteiger partial charge in [0.2, 0.25) is 11.8 Å². The van der Waals surface area contributed by atoms with Crippen molar-refractivity contribution in [1.29, 1.82) is 0 Å². The molecule has 0 aromatic rings. The molecule has 17 heavy (non-hydrogen) atoms. The van der Waals surface area contributed by atoms with Crippen LogP contribution in [0.1, 0.15) is 34.1 Å². The molecule has 2 amide bonds. The van der Waals surface area contributed by atoms with E-state index < -0.39 is 23.3 Å². The lowest BCUT2D eigenvalue weighted by Crippen LogP contribution is -2.46. The number of carbonyl (C=O) groups is 3. The smallest absolute Gasteiger partial charge is 0.326 e. The largest absolute Gasteiger partial charge is 0.480 e. The van der Waals surface area contributed by atoms with Crippen molar-refractivity contribution in [2.24, 2.45) is 5.41 Å². The van der Waals surface area contributed by atoms with Crippen LogP contribution >= 0.6 is 0 Å². The Morgan fingerprint density at radius 3 is 2.12 bits per heavy atom. The lowest BCUT2D eigenvalue weighted by atomic mass is 9.96. The highest BCUT2D eigenvalue weighted by Gasteiger charge is 2.22. The predicted molar refractivity (Wildman–Crippen MR) is 62.3 cm³/mol. The molecule has 0 fully saturated rings. The first-order valence-corrected chi connectivity index (χ1v) is 5.49. The first-order valence-electron chi connectivity index (χ1n) is 5.49. The Hall–Kier alpha value is -1.59. The number of amides is 2. The van der Waals surface area contributed by atoms with Crippen LogP contribution in [0.5, 0.6) is 0 Å². The fourth-order valence-corrected chi connectivity index (χ4v) is 1.01. The van der Waals surface area contributed by atoms with Crippen LogP contribution in [-0.2, 0) is 14.4 Å². The topological polar surface area (TPSA) is 95.5 Å². The minimum atomic E-state index is -1.08. The number of carboxylic acids is 1. The summed E-state index contributed by atoms with van der Waals surface area (Å²) in [5, 5.41) is 13.5. The van der Waals surface area contributed by atoms with Crippen molar-refractivity contribution in [2.45, 2.75) is 40.2 Å². The van der Waals surface area contributed by atoms with Gasteiger partial charge in [-0.05, 0) is 6.42 Å². The van der Waals surface area contributed by atoms with Crippen LogP contribution in [0.15, 0.2) is 0 Å². The van der Waals surface area contributed by atoms with Gasteiger partial charge in [-0.25, -0.2) is 4.79 Å². The number of carbonyl (C=O) groups excluding carboxylic acids is 2. The van der Waals surface area contributed by atoms with E-state index in [0.717, 1.165) is 0 Å². The summed E-state index contributed by atoms with van der Waals surface area (Å²) in [6, 6.07) is -0.908. The third-order valence-corrected chi connectivity index (χ3v) is 2.13.